The van der Waals surface area contributed by atoms with E-state index in [0.717, 1.165) is 0 Å². The van der Waals surface area contributed by atoms with Gasteiger partial charge in [0.2, 0.25) is 17.7 Å². The highest BCUT2D eigenvalue weighted by atomic mass is 16.3. The molecule has 4 bridgehead atoms. The minimum Gasteiger partial charge on any atom is -0.508 e. The number of fused-ring (bicyclic) bond motifs is 5. The molecule has 38 heavy (non-hydrogen) atoms. The van der Waals surface area contributed by atoms with Crippen molar-refractivity contribution in [1.29, 1.82) is 0 Å². The van der Waals surface area contributed by atoms with Gasteiger partial charge in [0, 0.05) is 45.9 Å². The van der Waals surface area contributed by atoms with Gasteiger partial charge in [-0.15, -0.1) is 0 Å². The molecule has 1 unspecified atom stereocenters. The molecule has 0 spiro atoms. The van der Waals surface area contributed by atoms with Crippen LogP contribution in [0.3, 0.4) is 0 Å². The van der Waals surface area contributed by atoms with Gasteiger partial charge >= 0.3 is 0 Å². The Morgan fingerprint density at radius 2 is 1.66 bits per heavy atom. The van der Waals surface area contributed by atoms with Gasteiger partial charge in [0.05, 0.1) is 12.1 Å². The van der Waals surface area contributed by atoms with Gasteiger partial charge in [-0.2, -0.15) is 0 Å². The number of aliphatic hydroxyl groups excluding tert-OH is 1. The lowest BCUT2D eigenvalue weighted by molar-refractivity contribution is -0.142. The summed E-state index contributed by atoms with van der Waals surface area (Å²) < 4.78 is 0. The Balaban J connectivity index is 2.15. The molecule has 1 heterocycles. The molecule has 0 fully saturated rings. The topological polar surface area (TPSA) is 217 Å². The van der Waals surface area contributed by atoms with Crippen molar-refractivity contribution in [3.05, 3.63) is 47.5 Å². The molecule has 12 nitrogen and oxygen atoms in total. The van der Waals surface area contributed by atoms with E-state index in [1.165, 1.54) is 24.1 Å². The van der Waals surface area contributed by atoms with Crippen LogP contribution in [0.1, 0.15) is 17.5 Å². The number of hydrogen-bond donors (Lipinski definition) is 8. The smallest absolute Gasteiger partial charge is 0.245 e. The van der Waals surface area contributed by atoms with Crippen molar-refractivity contribution in [2.24, 2.45) is 17.2 Å². The number of amides is 3. The quantitative estimate of drug-likeness (QED) is 0.214. The molecule has 4 atom stereocenters. The standard InChI is InChI=1S/C26H36N6O6/c1-32-21(25(37)30-7-6-27)11-17-9-15(3-5-23(17)35)14-2-4-22(34)16(8-14)10-19(29)24(36)31-20(26(32)38)12-18(33)13-28/h2-5,8-9,18-21,33-35H,6-7,10-13,27-29H2,1H3,(H,30,37)(H,31,36)/t18-,19?,20+,21+/m1/s1. The monoisotopic (exact) mass is 528 g/mol. The van der Waals surface area contributed by atoms with E-state index in [4.69, 9.17) is 17.2 Å². The fraction of sp³-hybridized carbons (Fsp3) is 0.423. The zero-order valence-electron chi connectivity index (χ0n) is 21.3. The third kappa shape index (κ3) is 6.78. The van der Waals surface area contributed by atoms with Crippen molar-refractivity contribution in [3.8, 4) is 22.6 Å². The number of benzene rings is 2. The third-order valence-electron chi connectivity index (χ3n) is 6.64. The highest BCUT2D eigenvalue weighted by Crippen LogP contribution is 2.31. The zero-order chi connectivity index (χ0) is 28.0. The Kier molecular flexibility index (Phi) is 9.64. The molecule has 0 saturated carbocycles. The fourth-order valence-electron chi connectivity index (χ4n) is 4.38. The van der Waals surface area contributed by atoms with Gasteiger partial charge in [0.25, 0.3) is 0 Å². The summed E-state index contributed by atoms with van der Waals surface area (Å²) in [5, 5.41) is 36.5. The lowest BCUT2D eigenvalue weighted by atomic mass is 9.95. The van der Waals surface area contributed by atoms with Gasteiger partial charge in [-0.05, 0) is 46.5 Å². The largest absolute Gasteiger partial charge is 0.508 e. The summed E-state index contributed by atoms with van der Waals surface area (Å²) in [5.74, 6) is -1.96. The second-order valence-corrected chi connectivity index (χ2v) is 9.43. The molecule has 2 aromatic carbocycles. The molecule has 0 aliphatic carbocycles. The number of phenols is 2. The molecule has 11 N–H and O–H groups in total. The Bertz CT molecular complexity index is 1170. The summed E-state index contributed by atoms with van der Waals surface area (Å²) in [6.45, 7) is 0.192. The first-order valence-electron chi connectivity index (χ1n) is 12.4. The molecule has 2 aromatic rings. The lowest BCUT2D eigenvalue weighted by Crippen LogP contribution is -2.58. The lowest BCUT2D eigenvalue weighted by Gasteiger charge is -2.32. The predicted octanol–water partition coefficient (Wildman–Crippen LogP) is -1.71. The summed E-state index contributed by atoms with van der Waals surface area (Å²) in [5.41, 5.74) is 19.4. The highest BCUT2D eigenvalue weighted by Gasteiger charge is 2.34. The minimum absolute atomic E-state index is 0.0310. The van der Waals surface area contributed by atoms with Crippen molar-refractivity contribution in [2.45, 2.75) is 43.5 Å². The summed E-state index contributed by atoms with van der Waals surface area (Å²) in [7, 11) is 1.41. The maximum absolute atomic E-state index is 13.6. The van der Waals surface area contributed by atoms with E-state index in [1.807, 2.05) is 0 Å². The van der Waals surface area contributed by atoms with E-state index >= 15 is 0 Å². The first-order valence-corrected chi connectivity index (χ1v) is 12.4. The number of hydrogen-bond acceptors (Lipinski definition) is 9. The number of nitrogens with zero attached hydrogens (tertiary/aromatic N) is 1. The molecule has 0 aromatic heterocycles. The van der Waals surface area contributed by atoms with Crippen molar-refractivity contribution >= 4 is 17.7 Å². The van der Waals surface area contributed by atoms with Crippen molar-refractivity contribution in [2.75, 3.05) is 26.7 Å². The normalized spacial score (nSPS) is 21.2. The van der Waals surface area contributed by atoms with Crippen LogP contribution in [0.15, 0.2) is 36.4 Å². The number of carbonyl (C=O) groups is 3. The van der Waals surface area contributed by atoms with Gasteiger partial charge < -0.3 is 48.1 Å². The van der Waals surface area contributed by atoms with Crippen molar-refractivity contribution < 1.29 is 29.7 Å². The summed E-state index contributed by atoms with van der Waals surface area (Å²) >= 11 is 0. The molecule has 3 rings (SSSR count). The Morgan fingerprint density at radius 3 is 2.21 bits per heavy atom. The number of phenolic OH excluding ortho intramolecular Hbond substituents is 2. The second kappa shape index (κ2) is 12.7. The van der Waals surface area contributed by atoms with Gasteiger partial charge in [-0.3, -0.25) is 14.4 Å². The summed E-state index contributed by atoms with van der Waals surface area (Å²) in [6, 6.07) is 6.28. The molecule has 1 aliphatic rings. The van der Waals surface area contributed by atoms with E-state index in [1.54, 1.807) is 24.3 Å². The first kappa shape index (κ1) is 28.9. The van der Waals surface area contributed by atoms with E-state index in [-0.39, 0.29) is 50.4 Å². The maximum Gasteiger partial charge on any atom is 0.245 e. The minimum atomic E-state index is -1.24. The molecule has 12 heteroatoms. The second-order valence-electron chi connectivity index (χ2n) is 9.43. The van der Waals surface area contributed by atoms with Crippen LogP contribution >= 0.6 is 0 Å². The van der Waals surface area contributed by atoms with Gasteiger partial charge in [0.15, 0.2) is 0 Å². The van der Waals surface area contributed by atoms with E-state index < -0.39 is 42.0 Å². The van der Waals surface area contributed by atoms with Crippen LogP contribution in [0.5, 0.6) is 11.5 Å². The van der Waals surface area contributed by atoms with Crippen LogP contribution in [0.25, 0.3) is 11.1 Å². The first-order chi connectivity index (χ1) is 18.0. The molecule has 206 valence electrons. The number of aromatic hydroxyl groups is 2. The molecule has 0 radical (unpaired) electrons. The van der Waals surface area contributed by atoms with Crippen molar-refractivity contribution in [3.63, 3.8) is 0 Å². The van der Waals surface area contributed by atoms with Gasteiger partial charge in [0.1, 0.15) is 23.6 Å². The number of carbonyl (C=O) groups excluding carboxylic acids is 3. The third-order valence-corrected chi connectivity index (χ3v) is 6.64. The summed E-state index contributed by atoms with van der Waals surface area (Å²) in [6.07, 6.45) is -1.40. The van der Waals surface area contributed by atoms with Crippen molar-refractivity contribution in [1.82, 2.24) is 15.5 Å². The molecule has 3 amide bonds. The number of nitrogens with two attached hydrogens (primary N) is 3. The van der Waals surface area contributed by atoms with Crippen LogP contribution in [0, 0.1) is 0 Å². The average molecular weight is 529 g/mol. The van der Waals surface area contributed by atoms with Crippen LogP contribution < -0.4 is 27.8 Å². The Labute approximate surface area is 220 Å². The number of likely N-dealkylation sites (N-methyl/N-ethyl adjacent to an activating group) is 1. The van der Waals surface area contributed by atoms with Gasteiger partial charge in [-0.1, -0.05) is 12.1 Å². The molecule has 0 saturated heterocycles. The fourth-order valence-corrected chi connectivity index (χ4v) is 4.38. The average Bonchev–Trinajstić information content (AvgIpc) is 2.90. The van der Waals surface area contributed by atoms with E-state index in [0.29, 0.717) is 22.3 Å². The number of nitrogens with one attached hydrogen (secondary N) is 2. The maximum atomic E-state index is 13.6. The van der Waals surface area contributed by atoms with Crippen LogP contribution in [0.2, 0.25) is 0 Å². The Morgan fingerprint density at radius 1 is 1.08 bits per heavy atom. The Hall–Kier alpha value is -3.71. The van der Waals surface area contributed by atoms with Crippen LogP contribution in [-0.2, 0) is 27.2 Å². The van der Waals surface area contributed by atoms with Gasteiger partial charge in [-0.25, -0.2) is 0 Å². The predicted molar refractivity (Wildman–Crippen MR) is 141 cm³/mol. The van der Waals surface area contributed by atoms with E-state index in [9.17, 15) is 29.7 Å². The number of rotatable bonds is 6. The molecule has 1 aliphatic heterocycles. The SMILES string of the molecule is CN1C(=O)[C@H](C[C@@H](O)CN)NC(=O)C(N)Cc2cc(ccc2O)-c2ccc(O)c(c2)C[C@H]1C(=O)NCCN. The van der Waals surface area contributed by atoms with Crippen LogP contribution in [-0.4, -0.2) is 88.9 Å². The highest BCUT2D eigenvalue weighted by molar-refractivity contribution is 5.93. The summed E-state index contributed by atoms with van der Waals surface area (Å²) in [4.78, 5) is 40.9. The molecular formula is C26H36N6O6. The molecular weight excluding hydrogens is 492 g/mol. The zero-order valence-corrected chi connectivity index (χ0v) is 21.3. The van der Waals surface area contributed by atoms with E-state index in [2.05, 4.69) is 10.6 Å². The number of aliphatic hydroxyl groups is 1. The van der Waals surface area contributed by atoms with Crippen LogP contribution in [0.4, 0.5) is 0 Å².